The number of hydrogen-bond acceptors (Lipinski definition) is 5. The molecule has 0 N–H and O–H groups in total. The molecule has 0 bridgehead atoms. The van der Waals surface area contributed by atoms with Crippen LogP contribution >= 0.6 is 0 Å². The van der Waals surface area contributed by atoms with Crippen molar-refractivity contribution in [2.75, 3.05) is 0 Å². The molecule has 1 atom stereocenters. The topological polar surface area (TPSA) is 64.7 Å². The van der Waals surface area contributed by atoms with Crippen LogP contribution < -0.4 is 0 Å². The second-order valence-corrected chi connectivity index (χ2v) is 13.1. The van der Waals surface area contributed by atoms with Gasteiger partial charge in [-0.05, 0) is 52.9 Å². The van der Waals surface area contributed by atoms with Crippen LogP contribution in [0.25, 0.3) is 67.2 Å². The molecule has 10 rings (SSSR count). The van der Waals surface area contributed by atoms with E-state index in [0.717, 1.165) is 77.7 Å². The number of aromatic nitrogens is 4. The number of pyridine rings is 1. The van der Waals surface area contributed by atoms with Gasteiger partial charge in [0.25, 0.3) is 0 Å². The zero-order valence-corrected chi connectivity index (χ0v) is 27.8. The smallest absolute Gasteiger partial charge is 0.164 e. The fourth-order valence-corrected chi connectivity index (χ4v) is 7.85. The zero-order chi connectivity index (χ0) is 33.9. The molecule has 6 aromatic carbocycles. The molecule has 5 nitrogen and oxygen atoms in total. The normalized spacial score (nSPS) is 14.8. The monoisotopic (exact) mass is 654 g/mol. The average molecular weight is 655 g/mol. The SMILES string of the molecule is Cc1ccc(C2(c3ccccc3)c3ccccc3-c3c2cc(-c2nc(-c4ccccc4)nc(-c4ccccc4)n2)c2c3oc3ccccc32)nc1. The van der Waals surface area contributed by atoms with Crippen LogP contribution in [0.3, 0.4) is 0 Å². The maximum Gasteiger partial charge on any atom is 0.164 e. The summed E-state index contributed by atoms with van der Waals surface area (Å²) >= 11 is 0. The van der Waals surface area contributed by atoms with Crippen LogP contribution in [0.2, 0.25) is 0 Å². The second kappa shape index (κ2) is 11.4. The number of furan rings is 1. The molecule has 3 aromatic heterocycles. The maximum atomic E-state index is 6.94. The number of benzene rings is 6. The van der Waals surface area contributed by atoms with Gasteiger partial charge in [0.05, 0.1) is 11.1 Å². The lowest BCUT2D eigenvalue weighted by Gasteiger charge is -2.33. The molecule has 0 saturated heterocycles. The van der Waals surface area contributed by atoms with E-state index in [1.807, 2.05) is 79.0 Å². The number of fused-ring (bicyclic) bond motifs is 7. The van der Waals surface area contributed by atoms with Crippen molar-refractivity contribution in [3.8, 4) is 45.3 Å². The quantitative estimate of drug-likeness (QED) is 0.185. The molecule has 0 radical (unpaired) electrons. The Balaban J connectivity index is 1.38. The highest BCUT2D eigenvalue weighted by Crippen LogP contribution is 2.59. The molecule has 240 valence electrons. The Kier molecular flexibility index (Phi) is 6.55. The van der Waals surface area contributed by atoms with Crippen molar-refractivity contribution >= 4 is 21.9 Å². The molecule has 1 unspecified atom stereocenters. The van der Waals surface area contributed by atoms with Gasteiger partial charge in [-0.1, -0.05) is 140 Å². The minimum absolute atomic E-state index is 0.580. The number of rotatable bonds is 5. The lowest BCUT2D eigenvalue weighted by atomic mass is 9.69. The molecule has 3 heterocycles. The standard InChI is InChI=1S/C46H30N4O/c1-29-25-26-39(47-28-29)46(32-19-9-4-10-20-32)36-23-13-11-21-33(36)41-37(46)27-35(40-34-22-12-14-24-38(34)51-42(40)41)45-49-43(30-15-5-2-6-16-30)48-44(50-45)31-17-7-3-8-18-31/h2-28H,1H3. The van der Waals surface area contributed by atoms with Gasteiger partial charge in [0.2, 0.25) is 0 Å². The maximum absolute atomic E-state index is 6.94. The highest BCUT2D eigenvalue weighted by molar-refractivity contribution is 6.18. The molecule has 1 aliphatic carbocycles. The van der Waals surface area contributed by atoms with Crippen molar-refractivity contribution in [1.82, 2.24) is 19.9 Å². The Morgan fingerprint density at radius 1 is 0.529 bits per heavy atom. The third-order valence-corrected chi connectivity index (χ3v) is 10.1. The molecular formula is C46H30N4O. The molecule has 0 fully saturated rings. The van der Waals surface area contributed by atoms with Crippen LogP contribution in [-0.4, -0.2) is 19.9 Å². The number of para-hydroxylation sites is 1. The fraction of sp³-hybridized carbons (Fsp3) is 0.0435. The minimum atomic E-state index is -0.736. The van der Waals surface area contributed by atoms with Gasteiger partial charge in [0, 0.05) is 39.2 Å². The van der Waals surface area contributed by atoms with Gasteiger partial charge in [-0.3, -0.25) is 4.98 Å². The molecule has 0 aliphatic heterocycles. The van der Waals surface area contributed by atoms with Crippen LogP contribution in [0.1, 0.15) is 27.9 Å². The minimum Gasteiger partial charge on any atom is -0.455 e. The summed E-state index contributed by atoms with van der Waals surface area (Å²) in [5.41, 5.74) is 11.2. The van der Waals surface area contributed by atoms with E-state index in [4.69, 9.17) is 24.4 Å². The Morgan fingerprint density at radius 3 is 1.82 bits per heavy atom. The van der Waals surface area contributed by atoms with Gasteiger partial charge < -0.3 is 4.42 Å². The Bertz CT molecular complexity index is 2680. The number of hydrogen-bond donors (Lipinski definition) is 0. The summed E-state index contributed by atoms with van der Waals surface area (Å²) in [4.78, 5) is 20.7. The first-order chi connectivity index (χ1) is 25.2. The van der Waals surface area contributed by atoms with Gasteiger partial charge in [-0.25, -0.2) is 15.0 Å². The predicted octanol–water partition coefficient (Wildman–Crippen LogP) is 10.8. The fourth-order valence-electron chi connectivity index (χ4n) is 7.85. The van der Waals surface area contributed by atoms with Crippen molar-refractivity contribution < 1.29 is 4.42 Å². The first-order valence-electron chi connectivity index (χ1n) is 17.1. The molecule has 1 aliphatic rings. The van der Waals surface area contributed by atoms with Crippen molar-refractivity contribution in [3.05, 3.63) is 192 Å². The summed E-state index contributed by atoms with van der Waals surface area (Å²) in [6.07, 6.45) is 1.96. The van der Waals surface area contributed by atoms with Crippen molar-refractivity contribution in [2.24, 2.45) is 0 Å². The summed E-state index contributed by atoms with van der Waals surface area (Å²) in [6.45, 7) is 2.08. The van der Waals surface area contributed by atoms with Crippen LogP contribution in [0.5, 0.6) is 0 Å². The highest BCUT2D eigenvalue weighted by atomic mass is 16.3. The molecule has 5 heteroatoms. The third kappa shape index (κ3) is 4.41. The zero-order valence-electron chi connectivity index (χ0n) is 27.8. The lowest BCUT2D eigenvalue weighted by molar-refractivity contribution is 0.668. The van der Waals surface area contributed by atoms with E-state index in [0.29, 0.717) is 17.5 Å². The van der Waals surface area contributed by atoms with E-state index in [-0.39, 0.29) is 0 Å². The van der Waals surface area contributed by atoms with E-state index in [1.54, 1.807) is 0 Å². The number of aryl methyl sites for hydroxylation is 1. The van der Waals surface area contributed by atoms with Gasteiger partial charge in [0.15, 0.2) is 17.5 Å². The molecule has 9 aromatic rings. The Morgan fingerprint density at radius 2 is 1.14 bits per heavy atom. The van der Waals surface area contributed by atoms with E-state index < -0.39 is 5.41 Å². The molecule has 0 saturated carbocycles. The predicted molar refractivity (Wildman–Crippen MR) is 203 cm³/mol. The lowest BCUT2D eigenvalue weighted by Crippen LogP contribution is -2.29. The highest BCUT2D eigenvalue weighted by Gasteiger charge is 2.49. The summed E-state index contributed by atoms with van der Waals surface area (Å²) in [5, 5.41) is 1.99. The van der Waals surface area contributed by atoms with Crippen LogP contribution in [-0.2, 0) is 5.41 Å². The van der Waals surface area contributed by atoms with E-state index >= 15 is 0 Å². The van der Waals surface area contributed by atoms with Crippen molar-refractivity contribution in [1.29, 1.82) is 0 Å². The van der Waals surface area contributed by atoms with Gasteiger partial charge in [-0.15, -0.1) is 0 Å². The summed E-state index contributed by atoms with van der Waals surface area (Å²) in [5.74, 6) is 1.80. The average Bonchev–Trinajstić information content (AvgIpc) is 3.73. The first kappa shape index (κ1) is 29.2. The first-order valence-corrected chi connectivity index (χ1v) is 17.1. The van der Waals surface area contributed by atoms with E-state index in [9.17, 15) is 0 Å². The summed E-state index contributed by atoms with van der Waals surface area (Å²) in [7, 11) is 0. The molecule has 0 spiro atoms. The molecule has 0 amide bonds. The van der Waals surface area contributed by atoms with Crippen LogP contribution in [0.15, 0.2) is 168 Å². The van der Waals surface area contributed by atoms with Gasteiger partial charge in [0.1, 0.15) is 11.2 Å². The third-order valence-electron chi connectivity index (χ3n) is 10.1. The van der Waals surface area contributed by atoms with Gasteiger partial charge >= 0.3 is 0 Å². The van der Waals surface area contributed by atoms with Crippen LogP contribution in [0, 0.1) is 6.92 Å². The number of nitrogens with zero attached hydrogens (tertiary/aromatic N) is 4. The Hall–Kier alpha value is -6.72. The van der Waals surface area contributed by atoms with E-state index in [2.05, 4.69) is 91.9 Å². The van der Waals surface area contributed by atoms with Gasteiger partial charge in [-0.2, -0.15) is 0 Å². The summed E-state index contributed by atoms with van der Waals surface area (Å²) in [6, 6.07) is 54.5. The van der Waals surface area contributed by atoms with Crippen molar-refractivity contribution in [3.63, 3.8) is 0 Å². The van der Waals surface area contributed by atoms with E-state index in [1.165, 1.54) is 0 Å². The molecule has 51 heavy (non-hydrogen) atoms. The van der Waals surface area contributed by atoms with Crippen molar-refractivity contribution in [2.45, 2.75) is 12.3 Å². The largest absolute Gasteiger partial charge is 0.455 e. The van der Waals surface area contributed by atoms with Crippen LogP contribution in [0.4, 0.5) is 0 Å². The Labute approximate surface area is 295 Å². The molecular weight excluding hydrogens is 625 g/mol. The summed E-state index contributed by atoms with van der Waals surface area (Å²) < 4.78 is 6.94. The second-order valence-electron chi connectivity index (χ2n) is 13.1.